The molecule has 0 aliphatic carbocycles. The minimum atomic E-state index is 0.429. The second-order valence-corrected chi connectivity index (χ2v) is 9.91. The number of hydrogen-bond donors (Lipinski definition) is 0. The zero-order valence-corrected chi connectivity index (χ0v) is 18.3. The monoisotopic (exact) mass is 450 g/mol. The number of aliphatic imine (C=N–C) groups is 4. The highest BCUT2D eigenvalue weighted by molar-refractivity contribution is 8.17. The van der Waals surface area contributed by atoms with Crippen LogP contribution in [0.3, 0.4) is 0 Å². The lowest BCUT2D eigenvalue weighted by molar-refractivity contribution is 0.562. The van der Waals surface area contributed by atoms with Crippen molar-refractivity contribution < 1.29 is 19.2 Å². The summed E-state index contributed by atoms with van der Waals surface area (Å²) in [6, 6.07) is 0. The Morgan fingerprint density at radius 3 is 1.30 bits per heavy atom. The maximum atomic E-state index is 9.74. The summed E-state index contributed by atoms with van der Waals surface area (Å²) in [7, 11) is 0. The van der Waals surface area contributed by atoms with Gasteiger partial charge in [0.05, 0.1) is 26.2 Å². The first-order chi connectivity index (χ1) is 13.2. The number of rotatable bonds is 16. The van der Waals surface area contributed by atoms with Crippen molar-refractivity contribution in [1.29, 1.82) is 0 Å². The largest absolute Gasteiger partial charge is 0.234 e. The van der Waals surface area contributed by atoms with Crippen molar-refractivity contribution in [2.24, 2.45) is 20.0 Å². The first kappa shape index (κ1) is 28.1. The maximum absolute atomic E-state index is 9.74. The van der Waals surface area contributed by atoms with Crippen LogP contribution in [0.1, 0.15) is 6.92 Å². The summed E-state index contributed by atoms with van der Waals surface area (Å²) in [6.07, 6.45) is 5.96. The van der Waals surface area contributed by atoms with E-state index in [1.165, 1.54) is 24.3 Å². The zero-order chi connectivity index (χ0) is 20.4. The van der Waals surface area contributed by atoms with Gasteiger partial charge < -0.3 is 0 Å². The standard InChI is InChI=1S/C8H12N2O2S2.C7H10N2O2S2/c1-8(13-4-2-9-6-11)14-5-3-10-7-12;10-5-8-1-3-12-7-13-4-2-9-6-11/h8H,2-5H2,1H3;1-4,7H2. The molecular weight excluding hydrogens is 428 g/mol. The van der Waals surface area contributed by atoms with Crippen molar-refractivity contribution >= 4 is 71.4 Å². The van der Waals surface area contributed by atoms with Gasteiger partial charge in [0, 0.05) is 32.7 Å². The van der Waals surface area contributed by atoms with Crippen LogP contribution in [0.4, 0.5) is 0 Å². The van der Waals surface area contributed by atoms with Crippen LogP contribution < -0.4 is 0 Å². The van der Waals surface area contributed by atoms with Crippen LogP contribution in [-0.4, -0.2) is 83.2 Å². The summed E-state index contributed by atoms with van der Waals surface area (Å²) in [5.41, 5.74) is 0. The number of nitrogens with zero attached hydrogens (tertiary/aromatic N) is 4. The van der Waals surface area contributed by atoms with E-state index in [0.29, 0.717) is 30.8 Å². The molecule has 0 bridgehead atoms. The quantitative estimate of drug-likeness (QED) is 0.152. The number of isocyanates is 4. The molecule has 0 aromatic heterocycles. The molecule has 0 spiro atoms. The molecular formula is C15H22N4O4S4. The van der Waals surface area contributed by atoms with E-state index in [-0.39, 0.29) is 0 Å². The van der Waals surface area contributed by atoms with Crippen molar-refractivity contribution in [3.8, 4) is 0 Å². The molecule has 0 rings (SSSR count). The average Bonchev–Trinajstić information content (AvgIpc) is 2.68. The van der Waals surface area contributed by atoms with E-state index in [1.807, 2.05) is 0 Å². The predicted molar refractivity (Wildman–Crippen MR) is 116 cm³/mol. The van der Waals surface area contributed by atoms with E-state index in [0.717, 1.165) is 28.1 Å². The molecule has 8 nitrogen and oxygen atoms in total. The highest BCUT2D eigenvalue weighted by atomic mass is 32.2. The molecule has 0 radical (unpaired) electrons. The van der Waals surface area contributed by atoms with Gasteiger partial charge in [0.2, 0.25) is 24.3 Å². The molecule has 0 heterocycles. The van der Waals surface area contributed by atoms with Gasteiger partial charge in [0.1, 0.15) is 0 Å². The molecule has 12 heteroatoms. The van der Waals surface area contributed by atoms with Gasteiger partial charge in [0.15, 0.2) is 0 Å². The van der Waals surface area contributed by atoms with Crippen LogP contribution in [0.2, 0.25) is 0 Å². The second kappa shape index (κ2) is 27.1. The number of hydrogen-bond acceptors (Lipinski definition) is 12. The second-order valence-electron chi connectivity index (χ2n) is 4.14. The van der Waals surface area contributed by atoms with E-state index >= 15 is 0 Å². The smallest absolute Gasteiger partial charge is 0.211 e. The van der Waals surface area contributed by atoms with Crippen molar-refractivity contribution in [1.82, 2.24) is 0 Å². The first-order valence-corrected chi connectivity index (χ1v) is 12.2. The van der Waals surface area contributed by atoms with Crippen LogP contribution in [0.5, 0.6) is 0 Å². The molecule has 0 aliphatic rings. The normalized spacial score (nSPS) is 9.96. The molecule has 27 heavy (non-hydrogen) atoms. The minimum absolute atomic E-state index is 0.429. The molecule has 0 fully saturated rings. The van der Waals surface area contributed by atoms with Gasteiger partial charge in [-0.05, 0) is 6.92 Å². The third-order valence-corrected chi connectivity index (χ3v) is 7.10. The Hall–Kier alpha value is -1.08. The summed E-state index contributed by atoms with van der Waals surface area (Å²) < 4.78 is 0.429. The fourth-order valence-corrected chi connectivity index (χ4v) is 5.03. The summed E-state index contributed by atoms with van der Waals surface area (Å²) in [6.45, 7) is 4.17. The summed E-state index contributed by atoms with van der Waals surface area (Å²) in [4.78, 5) is 52.5. The zero-order valence-electron chi connectivity index (χ0n) is 15.0. The van der Waals surface area contributed by atoms with E-state index in [9.17, 15) is 19.2 Å². The van der Waals surface area contributed by atoms with Crippen molar-refractivity contribution in [2.75, 3.05) is 54.3 Å². The lowest BCUT2D eigenvalue weighted by Gasteiger charge is -2.07. The number of thioether (sulfide) groups is 4. The van der Waals surface area contributed by atoms with Gasteiger partial charge in [-0.25, -0.2) is 39.1 Å². The molecule has 0 amide bonds. The van der Waals surface area contributed by atoms with Crippen LogP contribution in [0.15, 0.2) is 20.0 Å². The van der Waals surface area contributed by atoms with Gasteiger partial charge in [-0.1, -0.05) is 0 Å². The Morgan fingerprint density at radius 1 is 0.630 bits per heavy atom. The maximum Gasteiger partial charge on any atom is 0.234 e. The van der Waals surface area contributed by atoms with E-state index in [2.05, 4.69) is 26.9 Å². The van der Waals surface area contributed by atoms with Crippen LogP contribution in [0, 0.1) is 0 Å². The van der Waals surface area contributed by atoms with E-state index in [4.69, 9.17) is 0 Å². The molecule has 0 aromatic rings. The summed E-state index contributed by atoms with van der Waals surface area (Å²) in [5, 5.41) is 0.933. The summed E-state index contributed by atoms with van der Waals surface area (Å²) >= 11 is 6.85. The Kier molecular flexibility index (Phi) is 28.3. The Labute approximate surface area is 176 Å². The van der Waals surface area contributed by atoms with Crippen molar-refractivity contribution in [3.05, 3.63) is 0 Å². The predicted octanol–water partition coefficient (Wildman–Crippen LogP) is 2.55. The lowest BCUT2D eigenvalue weighted by atomic mass is 10.8. The Bertz CT molecular complexity index is 496. The van der Waals surface area contributed by atoms with Crippen molar-refractivity contribution in [2.45, 2.75) is 11.5 Å². The highest BCUT2D eigenvalue weighted by Crippen LogP contribution is 2.22. The van der Waals surface area contributed by atoms with Crippen molar-refractivity contribution in [3.63, 3.8) is 0 Å². The number of carbonyl (C=O) groups excluding carboxylic acids is 4. The van der Waals surface area contributed by atoms with Crippen LogP contribution >= 0.6 is 47.0 Å². The Morgan fingerprint density at radius 2 is 0.963 bits per heavy atom. The topological polar surface area (TPSA) is 118 Å². The first-order valence-electron chi connectivity index (χ1n) is 7.76. The average molecular weight is 451 g/mol. The molecule has 0 saturated heterocycles. The van der Waals surface area contributed by atoms with Gasteiger partial charge >= 0.3 is 0 Å². The van der Waals surface area contributed by atoms with Gasteiger partial charge in [-0.3, -0.25) is 0 Å². The molecule has 0 aromatic carbocycles. The molecule has 0 atom stereocenters. The molecule has 0 saturated carbocycles. The third-order valence-electron chi connectivity index (χ3n) is 2.23. The molecule has 0 N–H and O–H groups in total. The SMILES string of the molecule is CC(SCCN=C=O)SCCN=C=O.O=C=NCCSCSCCN=C=O. The van der Waals surface area contributed by atoms with E-state index in [1.54, 1.807) is 47.0 Å². The fraction of sp³-hybridized carbons (Fsp3) is 0.733. The van der Waals surface area contributed by atoms with Gasteiger partial charge in [-0.2, -0.15) is 0 Å². The molecule has 0 aliphatic heterocycles. The van der Waals surface area contributed by atoms with Gasteiger partial charge in [-0.15, -0.1) is 47.0 Å². The van der Waals surface area contributed by atoms with Crippen LogP contribution in [-0.2, 0) is 19.2 Å². The van der Waals surface area contributed by atoms with E-state index < -0.39 is 0 Å². The fourth-order valence-electron chi connectivity index (χ4n) is 1.16. The minimum Gasteiger partial charge on any atom is -0.211 e. The highest BCUT2D eigenvalue weighted by Gasteiger charge is 2.01. The molecule has 0 unspecified atom stereocenters. The lowest BCUT2D eigenvalue weighted by Crippen LogP contribution is -1.97. The summed E-state index contributed by atoms with van der Waals surface area (Å²) in [5.74, 6) is 3.30. The van der Waals surface area contributed by atoms with Gasteiger partial charge in [0.25, 0.3) is 0 Å². The van der Waals surface area contributed by atoms with Crippen LogP contribution in [0.25, 0.3) is 0 Å². The third kappa shape index (κ3) is 29.9. The Balaban J connectivity index is 0. The molecule has 150 valence electrons.